The van der Waals surface area contributed by atoms with E-state index in [1.165, 1.54) is 17.7 Å². The summed E-state index contributed by atoms with van der Waals surface area (Å²) in [6.07, 6.45) is 1.67. The molecule has 1 aliphatic heterocycles. The summed E-state index contributed by atoms with van der Waals surface area (Å²) in [5.74, 6) is 0.0381. The second-order valence-electron chi connectivity index (χ2n) is 8.62. The molecule has 1 N–H and O–H groups in total. The zero-order valence-corrected chi connectivity index (χ0v) is 18.6. The minimum atomic E-state index is -0.218. The van der Waals surface area contributed by atoms with Gasteiger partial charge in [-0.1, -0.05) is 49.4 Å². The van der Waals surface area contributed by atoms with E-state index in [1.807, 2.05) is 42.3 Å². The number of hydrogen-bond donors (Lipinski definition) is 1. The molecule has 1 amide bonds. The number of benzene rings is 2. The van der Waals surface area contributed by atoms with E-state index in [4.69, 9.17) is 0 Å². The summed E-state index contributed by atoms with van der Waals surface area (Å²) < 4.78 is 13.5. The quantitative estimate of drug-likeness (QED) is 0.752. The molecule has 0 radical (unpaired) electrons. The lowest BCUT2D eigenvalue weighted by molar-refractivity contribution is -0.138. The topological polar surface area (TPSA) is 35.6 Å². The van der Waals surface area contributed by atoms with Crippen LogP contribution in [0.2, 0.25) is 0 Å². The molecule has 2 aromatic rings. The van der Waals surface area contributed by atoms with Crippen LogP contribution in [0, 0.1) is 11.7 Å². The van der Waals surface area contributed by atoms with E-state index in [1.54, 1.807) is 0 Å². The Morgan fingerprint density at radius 3 is 2.23 bits per heavy atom. The average molecular weight is 412 g/mol. The molecule has 1 fully saturated rings. The van der Waals surface area contributed by atoms with Gasteiger partial charge in [0.25, 0.3) is 0 Å². The van der Waals surface area contributed by atoms with Gasteiger partial charge in [0.15, 0.2) is 0 Å². The third kappa shape index (κ3) is 4.57. The number of nitrogens with zero attached hydrogens (tertiary/aromatic N) is 2. The molecule has 0 aromatic heterocycles. The molecule has 4 nitrogen and oxygen atoms in total. The lowest BCUT2D eigenvalue weighted by Crippen LogP contribution is -2.53. The number of carbonyl (C=O) groups is 1. The first-order valence-electron chi connectivity index (χ1n) is 10.8. The van der Waals surface area contributed by atoms with Gasteiger partial charge < -0.3 is 10.2 Å². The molecular formula is C25H34FN3O. The molecule has 0 bridgehead atoms. The van der Waals surface area contributed by atoms with Gasteiger partial charge in [0.05, 0.1) is 5.92 Å². The van der Waals surface area contributed by atoms with Gasteiger partial charge in [-0.2, -0.15) is 0 Å². The van der Waals surface area contributed by atoms with Crippen LogP contribution in [0.4, 0.5) is 4.39 Å². The van der Waals surface area contributed by atoms with Crippen molar-refractivity contribution < 1.29 is 9.18 Å². The minimum absolute atomic E-state index is 0.102. The Balaban J connectivity index is 1.75. The summed E-state index contributed by atoms with van der Waals surface area (Å²) in [5, 5.41) is 3.21. The zero-order valence-electron chi connectivity index (χ0n) is 18.6. The molecule has 5 heteroatoms. The van der Waals surface area contributed by atoms with E-state index in [-0.39, 0.29) is 29.1 Å². The van der Waals surface area contributed by atoms with Crippen LogP contribution in [0.25, 0.3) is 0 Å². The van der Waals surface area contributed by atoms with Crippen molar-refractivity contribution in [2.75, 3.05) is 40.8 Å². The summed E-state index contributed by atoms with van der Waals surface area (Å²) in [6.45, 7) is 4.20. The predicted octanol–water partition coefficient (Wildman–Crippen LogP) is 3.84. The van der Waals surface area contributed by atoms with Crippen molar-refractivity contribution in [3.8, 4) is 0 Å². The van der Waals surface area contributed by atoms with Crippen molar-refractivity contribution in [1.29, 1.82) is 0 Å². The molecule has 2 unspecified atom stereocenters. The van der Waals surface area contributed by atoms with Gasteiger partial charge in [-0.25, -0.2) is 4.39 Å². The Hall–Kier alpha value is -2.24. The summed E-state index contributed by atoms with van der Waals surface area (Å²) in [5.41, 5.74) is 2.14. The first-order valence-corrected chi connectivity index (χ1v) is 10.8. The van der Waals surface area contributed by atoms with Crippen LogP contribution in [-0.2, 0) is 10.3 Å². The molecule has 0 spiro atoms. The third-order valence-corrected chi connectivity index (χ3v) is 6.81. The van der Waals surface area contributed by atoms with Crippen molar-refractivity contribution in [3.05, 3.63) is 71.5 Å². The van der Waals surface area contributed by atoms with Crippen LogP contribution >= 0.6 is 0 Å². The van der Waals surface area contributed by atoms with E-state index < -0.39 is 0 Å². The number of rotatable bonds is 7. The maximum absolute atomic E-state index is 13.5. The molecule has 3 rings (SSSR count). The number of hydrogen-bond acceptors (Lipinski definition) is 3. The number of amides is 1. The second kappa shape index (κ2) is 9.71. The Morgan fingerprint density at radius 1 is 1.10 bits per heavy atom. The maximum Gasteiger partial charge on any atom is 0.227 e. The highest BCUT2D eigenvalue weighted by Gasteiger charge is 2.41. The van der Waals surface area contributed by atoms with Gasteiger partial charge in [0.1, 0.15) is 5.82 Å². The standard InChI is InChI=1S/C25H34FN3O/c1-19(20-8-6-5-7-9-20)23(18-27-2)24(30)29-16-14-25(15-17-29,28(3)4)21-10-12-22(26)13-11-21/h5-13,19,23,27H,14-18H2,1-4H3. The molecule has 1 aliphatic rings. The van der Waals surface area contributed by atoms with Crippen molar-refractivity contribution >= 4 is 5.91 Å². The Morgan fingerprint density at radius 2 is 1.70 bits per heavy atom. The molecule has 0 saturated carbocycles. The molecule has 2 atom stereocenters. The number of piperidine rings is 1. The number of halogens is 1. The highest BCUT2D eigenvalue weighted by molar-refractivity contribution is 5.80. The Kier molecular flexibility index (Phi) is 7.27. The molecule has 2 aromatic carbocycles. The first-order chi connectivity index (χ1) is 14.4. The van der Waals surface area contributed by atoms with E-state index in [0.717, 1.165) is 18.4 Å². The first kappa shape index (κ1) is 22.4. The van der Waals surface area contributed by atoms with Crippen LogP contribution < -0.4 is 5.32 Å². The van der Waals surface area contributed by atoms with E-state index in [2.05, 4.69) is 43.4 Å². The smallest absolute Gasteiger partial charge is 0.227 e. The summed E-state index contributed by atoms with van der Waals surface area (Å²) in [6, 6.07) is 17.1. The van der Waals surface area contributed by atoms with Crippen molar-refractivity contribution in [2.45, 2.75) is 31.2 Å². The predicted molar refractivity (Wildman–Crippen MR) is 120 cm³/mol. The fourth-order valence-electron chi connectivity index (χ4n) is 4.77. The number of carbonyl (C=O) groups excluding carboxylic acids is 1. The van der Waals surface area contributed by atoms with Gasteiger partial charge in [0, 0.05) is 25.2 Å². The lowest BCUT2D eigenvalue weighted by Gasteiger charge is -2.47. The van der Waals surface area contributed by atoms with E-state index in [9.17, 15) is 9.18 Å². The molecule has 162 valence electrons. The van der Waals surface area contributed by atoms with Gasteiger partial charge in [0.2, 0.25) is 5.91 Å². The SMILES string of the molecule is CNCC(C(=O)N1CCC(c2ccc(F)cc2)(N(C)C)CC1)C(C)c1ccccc1. The number of likely N-dealkylation sites (tertiary alicyclic amines) is 1. The summed E-state index contributed by atoms with van der Waals surface area (Å²) in [7, 11) is 6.05. The van der Waals surface area contributed by atoms with Crippen LogP contribution in [0.5, 0.6) is 0 Å². The summed E-state index contributed by atoms with van der Waals surface area (Å²) in [4.78, 5) is 17.7. The Bertz CT molecular complexity index is 814. The minimum Gasteiger partial charge on any atom is -0.342 e. The van der Waals surface area contributed by atoms with Gasteiger partial charge >= 0.3 is 0 Å². The zero-order chi connectivity index (χ0) is 21.7. The molecular weight excluding hydrogens is 377 g/mol. The van der Waals surface area contributed by atoms with Crippen molar-refractivity contribution in [2.24, 2.45) is 5.92 Å². The van der Waals surface area contributed by atoms with Crippen LogP contribution in [0.3, 0.4) is 0 Å². The lowest BCUT2D eigenvalue weighted by atomic mass is 9.79. The average Bonchev–Trinajstić information content (AvgIpc) is 2.77. The van der Waals surface area contributed by atoms with Crippen LogP contribution in [-0.4, -0.2) is 56.5 Å². The summed E-state index contributed by atoms with van der Waals surface area (Å²) >= 11 is 0. The molecule has 1 saturated heterocycles. The molecule has 1 heterocycles. The third-order valence-electron chi connectivity index (χ3n) is 6.81. The molecule has 30 heavy (non-hydrogen) atoms. The van der Waals surface area contributed by atoms with Gasteiger partial charge in [-0.15, -0.1) is 0 Å². The van der Waals surface area contributed by atoms with E-state index in [0.29, 0.717) is 19.6 Å². The monoisotopic (exact) mass is 411 g/mol. The molecule has 0 aliphatic carbocycles. The van der Waals surface area contributed by atoms with Crippen LogP contribution in [0.1, 0.15) is 36.8 Å². The fraction of sp³-hybridized carbons (Fsp3) is 0.480. The second-order valence-corrected chi connectivity index (χ2v) is 8.62. The highest BCUT2D eigenvalue weighted by Crippen LogP contribution is 2.38. The highest BCUT2D eigenvalue weighted by atomic mass is 19.1. The fourth-order valence-corrected chi connectivity index (χ4v) is 4.77. The normalized spacial score (nSPS) is 18.3. The van der Waals surface area contributed by atoms with Gasteiger partial charge in [-0.05, 0) is 63.2 Å². The van der Waals surface area contributed by atoms with Crippen molar-refractivity contribution in [1.82, 2.24) is 15.1 Å². The van der Waals surface area contributed by atoms with E-state index >= 15 is 0 Å². The maximum atomic E-state index is 13.5. The Labute approximate surface area is 180 Å². The van der Waals surface area contributed by atoms with Gasteiger partial charge in [-0.3, -0.25) is 9.69 Å². The largest absolute Gasteiger partial charge is 0.342 e. The number of nitrogens with one attached hydrogen (secondary N) is 1. The van der Waals surface area contributed by atoms with Crippen molar-refractivity contribution in [3.63, 3.8) is 0 Å². The van der Waals surface area contributed by atoms with Crippen LogP contribution in [0.15, 0.2) is 54.6 Å².